The quantitative estimate of drug-likeness (QED) is 0.493. The summed E-state index contributed by atoms with van der Waals surface area (Å²) in [4.78, 5) is 7.26. The highest BCUT2D eigenvalue weighted by atomic mass is 35.5. The number of aromatic hydroxyl groups is 1. The molecular formula is C22H25Cl2N3O2Si. The molecule has 0 radical (unpaired) electrons. The fraction of sp³-hybridized carbons (Fsp3) is 0.409. The van der Waals surface area contributed by atoms with E-state index in [1.54, 1.807) is 18.2 Å². The molecule has 4 rings (SSSR count). The minimum absolute atomic E-state index is 0.0393. The Labute approximate surface area is 188 Å². The lowest BCUT2D eigenvalue weighted by molar-refractivity contribution is 0.119. The maximum atomic E-state index is 10.6. The van der Waals surface area contributed by atoms with Crippen LogP contribution in [0.4, 0.5) is 0 Å². The highest BCUT2D eigenvalue weighted by Gasteiger charge is 2.31. The predicted octanol–water partition coefficient (Wildman–Crippen LogP) is 4.16. The van der Waals surface area contributed by atoms with Gasteiger partial charge < -0.3 is 15.2 Å². The standard InChI is InChI=1S/C22H25Cl2N3O2Si/c1-30(2,3)10-7-16-20(19-15(23)5-4-6-18(19)28)21(24)22-17(26-16)12-27-9-8-25-11-14(27)13-29-22/h4-6,14,25,28H,8-9,11-13H2,1-3H3/t14-/m1/s1. The summed E-state index contributed by atoms with van der Waals surface area (Å²) in [5, 5.41) is 14.8. The van der Waals surface area contributed by atoms with Gasteiger partial charge in [0.25, 0.3) is 0 Å². The number of nitrogens with one attached hydrogen (secondary N) is 1. The summed E-state index contributed by atoms with van der Waals surface area (Å²) in [6.45, 7) is 10.4. The van der Waals surface area contributed by atoms with E-state index in [-0.39, 0.29) is 11.8 Å². The number of phenols is 1. The van der Waals surface area contributed by atoms with Gasteiger partial charge >= 0.3 is 0 Å². The Hall–Kier alpha value is -1.75. The summed E-state index contributed by atoms with van der Waals surface area (Å²) in [5.74, 6) is 3.84. The number of phenolic OH excluding ortho intramolecular Hbond substituents is 1. The first kappa shape index (κ1) is 21.5. The van der Waals surface area contributed by atoms with Crippen LogP contribution in [-0.4, -0.2) is 55.3 Å². The third-order valence-corrected chi connectivity index (χ3v) is 6.76. The Balaban J connectivity index is 1.93. The molecule has 30 heavy (non-hydrogen) atoms. The van der Waals surface area contributed by atoms with E-state index in [2.05, 4.69) is 41.3 Å². The van der Waals surface area contributed by atoms with Crippen molar-refractivity contribution in [1.82, 2.24) is 15.2 Å². The van der Waals surface area contributed by atoms with Gasteiger partial charge in [-0.3, -0.25) is 4.90 Å². The van der Waals surface area contributed by atoms with Gasteiger partial charge in [-0.1, -0.05) is 54.8 Å². The van der Waals surface area contributed by atoms with Crippen molar-refractivity contribution in [3.63, 3.8) is 0 Å². The summed E-state index contributed by atoms with van der Waals surface area (Å²) < 4.78 is 6.15. The van der Waals surface area contributed by atoms with Crippen LogP contribution in [-0.2, 0) is 6.54 Å². The average Bonchev–Trinajstić information content (AvgIpc) is 2.86. The fourth-order valence-electron chi connectivity index (χ4n) is 3.71. The highest BCUT2D eigenvalue weighted by Crippen LogP contribution is 2.46. The summed E-state index contributed by atoms with van der Waals surface area (Å²) >= 11 is 13.4. The van der Waals surface area contributed by atoms with Crippen LogP contribution < -0.4 is 10.1 Å². The van der Waals surface area contributed by atoms with Gasteiger partial charge in [0.15, 0.2) is 5.75 Å². The summed E-state index contributed by atoms with van der Waals surface area (Å²) in [7, 11) is -1.67. The Morgan fingerprint density at radius 1 is 1.27 bits per heavy atom. The molecule has 3 heterocycles. The second-order valence-electron chi connectivity index (χ2n) is 8.70. The maximum absolute atomic E-state index is 10.6. The molecule has 1 saturated heterocycles. The van der Waals surface area contributed by atoms with Crippen molar-refractivity contribution < 1.29 is 9.84 Å². The highest BCUT2D eigenvalue weighted by molar-refractivity contribution is 6.83. The number of fused-ring (bicyclic) bond motifs is 2. The molecule has 1 aromatic carbocycles. The van der Waals surface area contributed by atoms with Crippen LogP contribution in [0.1, 0.15) is 11.4 Å². The zero-order valence-electron chi connectivity index (χ0n) is 17.4. The first-order valence-corrected chi connectivity index (χ1v) is 14.3. The lowest BCUT2D eigenvalue weighted by Crippen LogP contribution is -2.52. The van der Waals surface area contributed by atoms with Gasteiger partial charge in [0, 0.05) is 37.3 Å². The molecule has 0 amide bonds. The van der Waals surface area contributed by atoms with Gasteiger partial charge in [-0.2, -0.15) is 0 Å². The van der Waals surface area contributed by atoms with Crippen LogP contribution in [0.2, 0.25) is 29.7 Å². The number of benzene rings is 1. The molecule has 0 unspecified atom stereocenters. The van der Waals surface area contributed by atoms with Crippen LogP contribution in [0.15, 0.2) is 18.2 Å². The minimum atomic E-state index is -1.67. The van der Waals surface area contributed by atoms with Crippen LogP contribution >= 0.6 is 23.2 Å². The van der Waals surface area contributed by atoms with E-state index in [1.807, 2.05) is 0 Å². The average molecular weight is 462 g/mol. The first-order chi connectivity index (χ1) is 14.2. The van der Waals surface area contributed by atoms with Crippen molar-refractivity contribution in [3.05, 3.63) is 39.6 Å². The van der Waals surface area contributed by atoms with Gasteiger partial charge in [-0.15, -0.1) is 5.54 Å². The second kappa shape index (κ2) is 8.41. The Morgan fingerprint density at radius 3 is 2.80 bits per heavy atom. The Bertz CT molecular complexity index is 1020. The van der Waals surface area contributed by atoms with E-state index in [9.17, 15) is 5.11 Å². The molecule has 2 N–H and O–H groups in total. The molecule has 2 aromatic rings. The lowest BCUT2D eigenvalue weighted by Gasteiger charge is -2.33. The van der Waals surface area contributed by atoms with E-state index in [0.29, 0.717) is 45.8 Å². The topological polar surface area (TPSA) is 57.6 Å². The van der Waals surface area contributed by atoms with Crippen molar-refractivity contribution >= 4 is 31.3 Å². The molecule has 8 heteroatoms. The van der Waals surface area contributed by atoms with Gasteiger partial charge in [-0.05, 0) is 12.1 Å². The molecule has 5 nitrogen and oxygen atoms in total. The van der Waals surface area contributed by atoms with Crippen molar-refractivity contribution in [2.45, 2.75) is 32.2 Å². The molecule has 158 valence electrons. The summed E-state index contributed by atoms with van der Waals surface area (Å²) in [5.41, 5.74) is 5.65. The third-order valence-electron chi connectivity index (χ3n) is 5.21. The Kier molecular flexibility index (Phi) is 6.02. The van der Waals surface area contributed by atoms with Crippen molar-refractivity contribution in [2.75, 3.05) is 26.2 Å². The zero-order chi connectivity index (χ0) is 21.5. The van der Waals surface area contributed by atoms with Gasteiger partial charge in [0.05, 0.1) is 21.8 Å². The molecule has 0 bridgehead atoms. The maximum Gasteiger partial charge on any atom is 0.161 e. The van der Waals surface area contributed by atoms with Gasteiger partial charge in [0.1, 0.15) is 26.1 Å². The fourth-order valence-corrected chi connectivity index (χ4v) is 4.82. The molecule has 0 saturated carbocycles. The largest absolute Gasteiger partial charge is 0.507 e. The molecule has 0 aliphatic carbocycles. The molecule has 1 atom stereocenters. The Morgan fingerprint density at radius 2 is 2.07 bits per heavy atom. The van der Waals surface area contributed by atoms with Crippen LogP contribution in [0.5, 0.6) is 11.5 Å². The van der Waals surface area contributed by atoms with Gasteiger partial charge in [-0.25, -0.2) is 4.98 Å². The van der Waals surface area contributed by atoms with E-state index >= 15 is 0 Å². The number of ether oxygens (including phenoxy) is 1. The number of hydrogen-bond donors (Lipinski definition) is 2. The van der Waals surface area contributed by atoms with Crippen molar-refractivity contribution in [2.24, 2.45) is 0 Å². The first-order valence-electron chi connectivity index (χ1n) is 10.1. The predicted molar refractivity (Wildman–Crippen MR) is 124 cm³/mol. The number of rotatable bonds is 1. The molecule has 1 aromatic heterocycles. The number of aromatic nitrogens is 1. The van der Waals surface area contributed by atoms with E-state index < -0.39 is 8.07 Å². The number of pyridine rings is 1. The van der Waals surface area contributed by atoms with Crippen LogP contribution in [0.3, 0.4) is 0 Å². The summed E-state index contributed by atoms with van der Waals surface area (Å²) in [6.07, 6.45) is 0. The lowest BCUT2D eigenvalue weighted by atomic mass is 10.0. The monoisotopic (exact) mass is 461 g/mol. The van der Waals surface area contributed by atoms with Crippen molar-refractivity contribution in [1.29, 1.82) is 0 Å². The molecular weight excluding hydrogens is 437 g/mol. The molecule has 0 spiro atoms. The van der Waals surface area contributed by atoms with Crippen LogP contribution in [0, 0.1) is 11.5 Å². The summed E-state index contributed by atoms with van der Waals surface area (Å²) in [6, 6.07) is 5.27. The minimum Gasteiger partial charge on any atom is -0.507 e. The number of piperazine rings is 1. The number of halogens is 2. The van der Waals surface area contributed by atoms with E-state index in [1.165, 1.54) is 0 Å². The second-order valence-corrected chi connectivity index (χ2v) is 14.2. The molecule has 2 aliphatic rings. The van der Waals surface area contributed by atoms with E-state index in [4.69, 9.17) is 32.9 Å². The third kappa shape index (κ3) is 4.32. The van der Waals surface area contributed by atoms with Gasteiger partial charge in [0.2, 0.25) is 0 Å². The van der Waals surface area contributed by atoms with Crippen LogP contribution in [0.25, 0.3) is 11.1 Å². The number of hydrogen-bond acceptors (Lipinski definition) is 5. The SMILES string of the molecule is C[Si](C)(C)C#Cc1nc2c(c(Cl)c1-c1c(O)cccc1Cl)OC[C@H]1CNCCN1C2. The number of nitrogens with zero attached hydrogens (tertiary/aromatic N) is 2. The van der Waals surface area contributed by atoms with Crippen molar-refractivity contribution in [3.8, 4) is 34.1 Å². The van der Waals surface area contributed by atoms with E-state index in [0.717, 1.165) is 25.3 Å². The zero-order valence-corrected chi connectivity index (χ0v) is 19.9. The smallest absolute Gasteiger partial charge is 0.161 e. The molecule has 1 fully saturated rings. The normalized spacial score (nSPS) is 19.0. The molecule has 2 aliphatic heterocycles.